The standard InChI is InChI=1S/C20H18ClFO2S/c21-18-9-15(5-6-19(18)22)17-11-20(7-8-20)10-16(17)14-3-1-13(2-4-14)12-25(23)24/h1-6,9H,7-8,10-12H2,(H,23,24). The van der Waals surface area contributed by atoms with Crippen molar-refractivity contribution >= 4 is 33.8 Å². The van der Waals surface area contributed by atoms with Crippen LogP contribution in [0.4, 0.5) is 4.39 Å². The van der Waals surface area contributed by atoms with E-state index in [4.69, 9.17) is 16.2 Å². The Hall–Kier alpha value is -1.49. The van der Waals surface area contributed by atoms with E-state index in [1.807, 2.05) is 24.3 Å². The summed E-state index contributed by atoms with van der Waals surface area (Å²) in [6, 6.07) is 12.8. The van der Waals surface area contributed by atoms with Crippen molar-refractivity contribution in [3.8, 4) is 0 Å². The van der Waals surface area contributed by atoms with Crippen molar-refractivity contribution in [2.24, 2.45) is 5.41 Å². The summed E-state index contributed by atoms with van der Waals surface area (Å²) < 4.78 is 33.5. The predicted octanol–water partition coefficient (Wildman–Crippen LogP) is 5.69. The average molecular weight is 377 g/mol. The summed E-state index contributed by atoms with van der Waals surface area (Å²) >= 11 is 4.16. The summed E-state index contributed by atoms with van der Waals surface area (Å²) in [4.78, 5) is 0. The third-order valence-corrected chi connectivity index (χ3v) is 6.16. The van der Waals surface area contributed by atoms with Crippen LogP contribution in [0.2, 0.25) is 5.02 Å². The van der Waals surface area contributed by atoms with Crippen LogP contribution in [-0.4, -0.2) is 8.76 Å². The number of hydrogen-bond donors (Lipinski definition) is 1. The molecule has 0 heterocycles. The molecule has 1 N–H and O–H groups in total. The number of benzene rings is 2. The fourth-order valence-corrected chi connectivity index (χ4v) is 4.40. The van der Waals surface area contributed by atoms with Crippen molar-refractivity contribution in [2.45, 2.75) is 31.4 Å². The van der Waals surface area contributed by atoms with Crippen LogP contribution in [-0.2, 0) is 16.8 Å². The summed E-state index contributed by atoms with van der Waals surface area (Å²) in [7, 11) is 0. The van der Waals surface area contributed by atoms with Crippen molar-refractivity contribution in [1.29, 1.82) is 0 Å². The van der Waals surface area contributed by atoms with Gasteiger partial charge in [-0.1, -0.05) is 41.9 Å². The molecule has 0 amide bonds. The minimum atomic E-state index is -1.83. The second-order valence-electron chi connectivity index (χ2n) is 7.10. The first-order valence-electron chi connectivity index (χ1n) is 8.30. The zero-order chi connectivity index (χ0) is 17.6. The average Bonchev–Trinajstić information content (AvgIpc) is 3.22. The molecule has 0 saturated heterocycles. The van der Waals surface area contributed by atoms with E-state index in [-0.39, 0.29) is 10.8 Å². The monoisotopic (exact) mass is 376 g/mol. The van der Waals surface area contributed by atoms with Gasteiger partial charge in [0.2, 0.25) is 0 Å². The van der Waals surface area contributed by atoms with Crippen molar-refractivity contribution in [1.82, 2.24) is 0 Å². The van der Waals surface area contributed by atoms with Crippen LogP contribution in [0.15, 0.2) is 42.5 Å². The minimum absolute atomic E-state index is 0.143. The molecule has 2 aromatic carbocycles. The molecule has 2 aliphatic carbocycles. The predicted molar refractivity (Wildman–Crippen MR) is 100 cm³/mol. The number of halogens is 2. The molecule has 25 heavy (non-hydrogen) atoms. The second kappa shape index (κ2) is 6.35. The Bertz CT molecular complexity index is 885. The first-order chi connectivity index (χ1) is 12.0. The quantitative estimate of drug-likeness (QED) is 0.696. The van der Waals surface area contributed by atoms with Gasteiger partial charge in [0.15, 0.2) is 11.1 Å². The SMILES string of the molecule is O=S(O)Cc1ccc(C2=C(c3ccc(F)c(Cl)c3)CC3(CC3)C2)cc1. The van der Waals surface area contributed by atoms with Gasteiger partial charge in [0.25, 0.3) is 0 Å². The fraction of sp³-hybridized carbons (Fsp3) is 0.300. The Balaban J connectivity index is 1.73. The van der Waals surface area contributed by atoms with Crippen LogP contribution in [0.25, 0.3) is 11.1 Å². The highest BCUT2D eigenvalue weighted by Crippen LogP contribution is 2.63. The molecule has 0 bridgehead atoms. The van der Waals surface area contributed by atoms with Gasteiger partial charge in [-0.2, -0.15) is 0 Å². The van der Waals surface area contributed by atoms with E-state index in [1.165, 1.54) is 30.1 Å². The van der Waals surface area contributed by atoms with Gasteiger partial charge < -0.3 is 4.55 Å². The van der Waals surface area contributed by atoms with Gasteiger partial charge in [-0.15, -0.1) is 0 Å². The zero-order valence-corrected chi connectivity index (χ0v) is 15.2. The van der Waals surface area contributed by atoms with E-state index in [2.05, 4.69) is 0 Å². The normalized spacial score (nSPS) is 19.5. The Morgan fingerprint density at radius 3 is 2.20 bits per heavy atom. The molecule has 1 fully saturated rings. The Labute approximate surface area is 154 Å². The number of rotatable bonds is 4. The molecule has 5 heteroatoms. The smallest absolute Gasteiger partial charge is 0.157 e. The van der Waals surface area contributed by atoms with E-state index >= 15 is 0 Å². The molecule has 1 atom stereocenters. The van der Waals surface area contributed by atoms with Crippen molar-refractivity contribution < 1.29 is 13.2 Å². The molecule has 2 nitrogen and oxygen atoms in total. The van der Waals surface area contributed by atoms with Gasteiger partial charge in [0.05, 0.1) is 10.8 Å². The lowest BCUT2D eigenvalue weighted by molar-refractivity contribution is 0.563. The second-order valence-corrected chi connectivity index (χ2v) is 8.44. The third-order valence-electron chi connectivity index (χ3n) is 5.29. The van der Waals surface area contributed by atoms with E-state index < -0.39 is 16.9 Å². The maximum absolute atomic E-state index is 13.5. The topological polar surface area (TPSA) is 37.3 Å². The molecule has 0 radical (unpaired) electrons. The van der Waals surface area contributed by atoms with Gasteiger partial charge in [0, 0.05) is 0 Å². The Kier molecular flexibility index (Phi) is 4.30. The molecular weight excluding hydrogens is 359 g/mol. The van der Waals surface area contributed by atoms with Crippen LogP contribution < -0.4 is 0 Å². The maximum atomic E-state index is 13.5. The molecule has 0 aliphatic heterocycles. The van der Waals surface area contributed by atoms with Crippen LogP contribution in [0.5, 0.6) is 0 Å². The molecule has 2 aliphatic rings. The number of hydrogen-bond acceptors (Lipinski definition) is 1. The third kappa shape index (κ3) is 3.43. The largest absolute Gasteiger partial charge is 0.306 e. The molecule has 4 rings (SSSR count). The van der Waals surface area contributed by atoms with Crippen LogP contribution in [0.3, 0.4) is 0 Å². The summed E-state index contributed by atoms with van der Waals surface area (Å²) in [6.07, 6.45) is 4.50. The van der Waals surface area contributed by atoms with Crippen LogP contribution in [0.1, 0.15) is 42.4 Å². The summed E-state index contributed by atoms with van der Waals surface area (Å²) in [6.45, 7) is 0. The Morgan fingerprint density at radius 2 is 1.64 bits per heavy atom. The summed E-state index contributed by atoms with van der Waals surface area (Å²) in [5, 5.41) is 0.155. The van der Waals surface area contributed by atoms with Gasteiger partial charge in [-0.05, 0) is 71.1 Å². The Morgan fingerprint density at radius 1 is 1.04 bits per heavy atom. The minimum Gasteiger partial charge on any atom is -0.306 e. The van der Waals surface area contributed by atoms with E-state index in [1.54, 1.807) is 12.1 Å². The molecular formula is C20H18ClFO2S. The van der Waals surface area contributed by atoms with E-state index in [9.17, 15) is 8.60 Å². The summed E-state index contributed by atoms with van der Waals surface area (Å²) in [5.41, 5.74) is 5.87. The number of allylic oxidation sites excluding steroid dienone is 2. The molecule has 130 valence electrons. The highest BCUT2D eigenvalue weighted by atomic mass is 35.5. The first kappa shape index (κ1) is 17.0. The van der Waals surface area contributed by atoms with Crippen molar-refractivity contribution in [3.63, 3.8) is 0 Å². The molecule has 1 unspecified atom stereocenters. The van der Waals surface area contributed by atoms with Gasteiger partial charge in [0.1, 0.15) is 5.82 Å². The van der Waals surface area contributed by atoms with Crippen LogP contribution >= 0.6 is 11.6 Å². The maximum Gasteiger partial charge on any atom is 0.157 e. The van der Waals surface area contributed by atoms with Gasteiger partial charge in [-0.25, -0.2) is 8.60 Å². The first-order valence-corrected chi connectivity index (χ1v) is 9.95. The van der Waals surface area contributed by atoms with E-state index in [0.29, 0.717) is 5.41 Å². The van der Waals surface area contributed by atoms with Gasteiger partial charge >= 0.3 is 0 Å². The highest BCUT2D eigenvalue weighted by molar-refractivity contribution is 7.78. The highest BCUT2D eigenvalue weighted by Gasteiger charge is 2.48. The lowest BCUT2D eigenvalue weighted by Crippen LogP contribution is -1.94. The molecule has 1 saturated carbocycles. The lowest BCUT2D eigenvalue weighted by atomic mass is 9.96. The molecule has 1 spiro atoms. The zero-order valence-electron chi connectivity index (χ0n) is 13.6. The lowest BCUT2D eigenvalue weighted by Gasteiger charge is -2.10. The van der Waals surface area contributed by atoms with Gasteiger partial charge in [-0.3, -0.25) is 0 Å². The molecule has 0 aromatic heterocycles. The van der Waals surface area contributed by atoms with Crippen molar-refractivity contribution in [2.75, 3.05) is 0 Å². The van der Waals surface area contributed by atoms with Crippen LogP contribution in [0, 0.1) is 11.2 Å². The van der Waals surface area contributed by atoms with E-state index in [0.717, 1.165) is 29.5 Å². The van der Waals surface area contributed by atoms with Crippen molar-refractivity contribution in [3.05, 3.63) is 70.0 Å². The fourth-order valence-electron chi connectivity index (χ4n) is 3.74. The molecule has 2 aromatic rings. The summed E-state index contributed by atoms with van der Waals surface area (Å²) in [5.74, 6) is -0.253.